The maximum absolute atomic E-state index is 11.5. The van der Waals surface area contributed by atoms with Gasteiger partial charge in [-0.05, 0) is 18.8 Å². The van der Waals surface area contributed by atoms with Gasteiger partial charge in [0, 0.05) is 26.3 Å². The van der Waals surface area contributed by atoms with E-state index in [2.05, 4.69) is 5.32 Å². The van der Waals surface area contributed by atoms with Crippen LogP contribution in [0.2, 0.25) is 0 Å². The Hall–Kier alpha value is -0.810. The molecule has 1 atom stereocenters. The minimum absolute atomic E-state index is 0.0356. The van der Waals surface area contributed by atoms with Gasteiger partial charge in [0.1, 0.15) is 0 Å². The van der Waals surface area contributed by atoms with Crippen molar-refractivity contribution in [2.75, 3.05) is 32.9 Å². The normalized spacial score (nSPS) is 28.2. The van der Waals surface area contributed by atoms with Crippen molar-refractivity contribution < 1.29 is 14.6 Å². The number of rotatable bonds is 3. The van der Waals surface area contributed by atoms with E-state index in [-0.39, 0.29) is 18.7 Å². The van der Waals surface area contributed by atoms with Gasteiger partial charge in [-0.15, -0.1) is 0 Å². The van der Waals surface area contributed by atoms with Gasteiger partial charge in [0.2, 0.25) is 0 Å². The smallest absolute Gasteiger partial charge is 0.317 e. The van der Waals surface area contributed by atoms with Crippen molar-refractivity contribution in [1.29, 1.82) is 0 Å². The third-order valence-electron chi connectivity index (χ3n) is 3.22. The molecular formula is C10H18N2O3. The quantitative estimate of drug-likeness (QED) is 0.684. The summed E-state index contributed by atoms with van der Waals surface area (Å²) in [6.07, 6.45) is 2.05. The Balaban J connectivity index is 1.87. The fourth-order valence-corrected chi connectivity index (χ4v) is 2.31. The molecule has 0 aromatic carbocycles. The average Bonchev–Trinajstić information content (AvgIpc) is 2.63. The van der Waals surface area contributed by atoms with E-state index >= 15 is 0 Å². The van der Waals surface area contributed by atoms with E-state index in [9.17, 15) is 4.79 Å². The first-order valence-corrected chi connectivity index (χ1v) is 5.55. The lowest BCUT2D eigenvalue weighted by Gasteiger charge is -2.26. The molecule has 5 nitrogen and oxygen atoms in total. The van der Waals surface area contributed by atoms with Crippen LogP contribution >= 0.6 is 0 Å². The van der Waals surface area contributed by atoms with Crippen LogP contribution in [0.25, 0.3) is 0 Å². The highest BCUT2D eigenvalue weighted by Gasteiger charge is 2.34. The Morgan fingerprint density at radius 1 is 1.47 bits per heavy atom. The maximum Gasteiger partial charge on any atom is 0.317 e. The number of ether oxygens (including phenoxy) is 1. The monoisotopic (exact) mass is 214 g/mol. The summed E-state index contributed by atoms with van der Waals surface area (Å²) < 4.78 is 5.29. The molecule has 5 heteroatoms. The molecule has 2 aliphatic rings. The zero-order valence-electron chi connectivity index (χ0n) is 8.82. The molecule has 0 saturated carbocycles. The van der Waals surface area contributed by atoms with Gasteiger partial charge >= 0.3 is 6.03 Å². The highest BCUT2D eigenvalue weighted by atomic mass is 16.5. The lowest BCUT2D eigenvalue weighted by atomic mass is 9.92. The molecule has 15 heavy (non-hydrogen) atoms. The van der Waals surface area contributed by atoms with Crippen LogP contribution in [-0.2, 0) is 4.74 Å². The molecule has 0 spiro atoms. The van der Waals surface area contributed by atoms with Crippen molar-refractivity contribution in [3.05, 3.63) is 0 Å². The van der Waals surface area contributed by atoms with Gasteiger partial charge in [-0.2, -0.15) is 0 Å². The number of hydrogen-bond acceptors (Lipinski definition) is 3. The Kier molecular flexibility index (Phi) is 3.43. The number of aliphatic hydroxyl groups is 1. The first-order chi connectivity index (χ1) is 7.31. The zero-order valence-corrected chi connectivity index (χ0v) is 8.82. The Morgan fingerprint density at radius 3 is 2.87 bits per heavy atom. The lowest BCUT2D eigenvalue weighted by Crippen LogP contribution is -2.37. The molecular weight excluding hydrogens is 196 g/mol. The fraction of sp³-hybridized carbons (Fsp3) is 0.900. The van der Waals surface area contributed by atoms with Crippen molar-refractivity contribution in [3.8, 4) is 0 Å². The molecule has 86 valence electrons. The van der Waals surface area contributed by atoms with Crippen molar-refractivity contribution in [1.82, 2.24) is 10.2 Å². The Morgan fingerprint density at radius 2 is 2.20 bits per heavy atom. The van der Waals surface area contributed by atoms with Crippen LogP contribution in [0, 0.1) is 5.92 Å². The number of aliphatic hydroxyl groups excluding tert-OH is 1. The molecule has 0 aromatic heterocycles. The van der Waals surface area contributed by atoms with E-state index in [1.165, 1.54) is 0 Å². The second kappa shape index (κ2) is 4.81. The molecule has 0 aromatic rings. The van der Waals surface area contributed by atoms with Crippen LogP contribution in [0.15, 0.2) is 0 Å². The zero-order chi connectivity index (χ0) is 10.7. The van der Waals surface area contributed by atoms with Crippen LogP contribution in [0.3, 0.4) is 0 Å². The second-order valence-corrected chi connectivity index (χ2v) is 4.18. The average molecular weight is 214 g/mol. The van der Waals surface area contributed by atoms with Crippen molar-refractivity contribution in [3.63, 3.8) is 0 Å². The van der Waals surface area contributed by atoms with Crippen molar-refractivity contribution >= 4 is 6.03 Å². The lowest BCUT2D eigenvalue weighted by molar-refractivity contribution is 0.0564. The number of nitrogens with one attached hydrogen (secondary N) is 1. The Bertz CT molecular complexity index is 229. The van der Waals surface area contributed by atoms with Crippen LogP contribution in [0.1, 0.15) is 12.8 Å². The molecule has 0 aliphatic carbocycles. The van der Waals surface area contributed by atoms with E-state index in [1.807, 2.05) is 0 Å². The standard InChI is InChI=1S/C10H18N2O3/c13-4-3-12-7-9(11-10(12)14)8-1-5-15-6-2-8/h8-9,13H,1-7H2,(H,11,14). The van der Waals surface area contributed by atoms with Gasteiger partial charge < -0.3 is 20.1 Å². The van der Waals surface area contributed by atoms with E-state index in [0.717, 1.165) is 32.6 Å². The summed E-state index contributed by atoms with van der Waals surface area (Å²) in [6, 6.07) is 0.202. The summed E-state index contributed by atoms with van der Waals surface area (Å²) in [4.78, 5) is 13.2. The van der Waals surface area contributed by atoms with Crippen LogP contribution in [0.5, 0.6) is 0 Å². The van der Waals surface area contributed by atoms with Gasteiger partial charge in [-0.3, -0.25) is 0 Å². The molecule has 1 unspecified atom stereocenters. The summed E-state index contributed by atoms with van der Waals surface area (Å²) in [7, 11) is 0. The largest absolute Gasteiger partial charge is 0.395 e. The summed E-state index contributed by atoms with van der Waals surface area (Å²) in [5.74, 6) is 0.534. The number of β-amino-alcohol motifs (C(OH)–C–C–N with tert-alkyl or cyclic N) is 1. The third kappa shape index (κ3) is 2.41. The number of carbonyl (C=O) groups excluding carboxylic acids is 1. The first kappa shape index (κ1) is 10.7. The van der Waals surface area contributed by atoms with E-state index in [0.29, 0.717) is 12.5 Å². The molecule has 2 aliphatic heterocycles. The highest BCUT2D eigenvalue weighted by Crippen LogP contribution is 2.22. The maximum atomic E-state index is 11.5. The number of amides is 2. The first-order valence-electron chi connectivity index (χ1n) is 5.55. The molecule has 2 saturated heterocycles. The number of urea groups is 1. The minimum atomic E-state index is -0.0412. The van der Waals surface area contributed by atoms with Crippen LogP contribution in [-0.4, -0.2) is 55.0 Å². The van der Waals surface area contributed by atoms with Crippen LogP contribution in [0.4, 0.5) is 4.79 Å². The van der Waals surface area contributed by atoms with Gasteiger partial charge in [0.05, 0.1) is 12.6 Å². The topological polar surface area (TPSA) is 61.8 Å². The van der Waals surface area contributed by atoms with Crippen LogP contribution < -0.4 is 5.32 Å². The summed E-state index contributed by atoms with van der Waals surface area (Å²) >= 11 is 0. The SMILES string of the molecule is O=C1NC(C2CCOCC2)CN1CCO. The van der Waals surface area contributed by atoms with Crippen molar-refractivity contribution in [2.24, 2.45) is 5.92 Å². The van der Waals surface area contributed by atoms with Crippen molar-refractivity contribution in [2.45, 2.75) is 18.9 Å². The highest BCUT2D eigenvalue weighted by molar-refractivity contribution is 5.76. The summed E-state index contributed by atoms with van der Waals surface area (Å²) in [6.45, 7) is 2.80. The molecule has 2 rings (SSSR count). The molecule has 2 heterocycles. The second-order valence-electron chi connectivity index (χ2n) is 4.18. The van der Waals surface area contributed by atoms with E-state index in [4.69, 9.17) is 9.84 Å². The number of carbonyl (C=O) groups is 1. The molecule has 0 bridgehead atoms. The van der Waals surface area contributed by atoms with Gasteiger partial charge in [0.25, 0.3) is 0 Å². The van der Waals surface area contributed by atoms with E-state index in [1.54, 1.807) is 4.90 Å². The minimum Gasteiger partial charge on any atom is -0.395 e. The fourth-order valence-electron chi connectivity index (χ4n) is 2.31. The summed E-state index contributed by atoms with van der Waals surface area (Å²) in [5.41, 5.74) is 0. The molecule has 2 fully saturated rings. The number of hydrogen-bond donors (Lipinski definition) is 2. The van der Waals surface area contributed by atoms with Gasteiger partial charge in [-0.25, -0.2) is 4.79 Å². The van der Waals surface area contributed by atoms with E-state index < -0.39 is 0 Å². The summed E-state index contributed by atoms with van der Waals surface area (Å²) in [5, 5.41) is 11.8. The predicted molar refractivity (Wildman–Crippen MR) is 54.5 cm³/mol. The molecule has 2 N–H and O–H groups in total. The van der Waals surface area contributed by atoms with Gasteiger partial charge in [-0.1, -0.05) is 0 Å². The number of nitrogens with zero attached hydrogens (tertiary/aromatic N) is 1. The predicted octanol–water partition coefficient (Wildman–Crippen LogP) is -0.201. The molecule has 0 radical (unpaired) electrons. The molecule has 2 amide bonds. The third-order valence-corrected chi connectivity index (χ3v) is 3.22. The van der Waals surface area contributed by atoms with Gasteiger partial charge in [0.15, 0.2) is 0 Å². The Labute approximate surface area is 89.4 Å².